The van der Waals surface area contributed by atoms with Gasteiger partial charge >= 0.3 is 0 Å². The number of halogens is 2. The van der Waals surface area contributed by atoms with Gasteiger partial charge < -0.3 is 10.6 Å². The Labute approximate surface area is 137 Å². The summed E-state index contributed by atoms with van der Waals surface area (Å²) in [5.41, 5.74) is 6.68. The largest absolute Gasteiger partial charge is 0.370 e. The molecule has 0 radical (unpaired) electrons. The maximum Gasteiger partial charge on any atom is 0.191 e. The summed E-state index contributed by atoms with van der Waals surface area (Å²) >= 11 is 0. The molecule has 2 rings (SSSR count). The summed E-state index contributed by atoms with van der Waals surface area (Å²) in [6, 6.07) is 6.82. The van der Waals surface area contributed by atoms with Gasteiger partial charge in [-0.1, -0.05) is 25.1 Å². The standard InChI is InChI=1S/C15H22FN3.HI/c1-12-7-10-19(11-8-12)15(17)18-9-6-13-4-2-3-5-14(13)16;/h2-5,12H,6-11H2,1H3,(H2,17,18);1H. The average Bonchev–Trinajstić information content (AvgIpc) is 2.41. The van der Waals surface area contributed by atoms with E-state index in [2.05, 4.69) is 16.8 Å². The number of hydrogen-bond donors (Lipinski definition) is 1. The molecule has 1 aliphatic heterocycles. The van der Waals surface area contributed by atoms with Crippen LogP contribution in [0.3, 0.4) is 0 Å². The maximum atomic E-state index is 13.4. The van der Waals surface area contributed by atoms with Gasteiger partial charge in [-0.05, 0) is 36.8 Å². The van der Waals surface area contributed by atoms with E-state index in [-0.39, 0.29) is 29.8 Å². The highest BCUT2D eigenvalue weighted by Crippen LogP contribution is 2.15. The van der Waals surface area contributed by atoms with E-state index in [1.807, 2.05) is 6.07 Å². The van der Waals surface area contributed by atoms with Gasteiger partial charge in [-0.3, -0.25) is 4.99 Å². The molecular formula is C15H23FIN3. The SMILES string of the molecule is CC1CCN(C(N)=NCCc2ccccc2F)CC1.I. The van der Waals surface area contributed by atoms with Gasteiger partial charge in [-0.15, -0.1) is 24.0 Å². The van der Waals surface area contributed by atoms with Crippen molar-refractivity contribution >= 4 is 29.9 Å². The third kappa shape index (κ3) is 4.92. The average molecular weight is 391 g/mol. The van der Waals surface area contributed by atoms with Crippen molar-refractivity contribution in [3.8, 4) is 0 Å². The molecule has 0 atom stereocenters. The van der Waals surface area contributed by atoms with Crippen LogP contribution in [0.15, 0.2) is 29.3 Å². The van der Waals surface area contributed by atoms with Gasteiger partial charge in [0.25, 0.3) is 0 Å². The molecule has 0 amide bonds. The fourth-order valence-electron chi connectivity index (χ4n) is 2.33. The van der Waals surface area contributed by atoms with E-state index in [0.717, 1.165) is 19.0 Å². The summed E-state index contributed by atoms with van der Waals surface area (Å²) < 4.78 is 13.4. The molecule has 1 aliphatic rings. The summed E-state index contributed by atoms with van der Waals surface area (Å²) in [4.78, 5) is 6.49. The Balaban J connectivity index is 0.00000200. The first-order valence-corrected chi connectivity index (χ1v) is 6.95. The molecule has 20 heavy (non-hydrogen) atoms. The van der Waals surface area contributed by atoms with Gasteiger partial charge in [0.15, 0.2) is 5.96 Å². The zero-order valence-electron chi connectivity index (χ0n) is 11.9. The Morgan fingerprint density at radius 2 is 2.00 bits per heavy atom. The van der Waals surface area contributed by atoms with Crippen LogP contribution in [-0.4, -0.2) is 30.5 Å². The monoisotopic (exact) mass is 391 g/mol. The minimum Gasteiger partial charge on any atom is -0.370 e. The van der Waals surface area contributed by atoms with Gasteiger partial charge in [0, 0.05) is 19.6 Å². The lowest BCUT2D eigenvalue weighted by molar-refractivity contribution is 0.277. The van der Waals surface area contributed by atoms with Crippen LogP contribution in [0.5, 0.6) is 0 Å². The number of benzene rings is 1. The van der Waals surface area contributed by atoms with Crippen LogP contribution < -0.4 is 5.73 Å². The Kier molecular flexibility index (Phi) is 7.26. The quantitative estimate of drug-likeness (QED) is 0.489. The fourth-order valence-corrected chi connectivity index (χ4v) is 2.33. The van der Waals surface area contributed by atoms with Crippen LogP contribution in [0.25, 0.3) is 0 Å². The molecule has 0 spiro atoms. The van der Waals surface area contributed by atoms with Crippen molar-refractivity contribution in [2.75, 3.05) is 19.6 Å². The lowest BCUT2D eigenvalue weighted by atomic mass is 10.00. The first-order valence-electron chi connectivity index (χ1n) is 6.95. The second-order valence-electron chi connectivity index (χ2n) is 5.25. The Bertz CT molecular complexity index is 442. The molecule has 5 heteroatoms. The molecule has 1 aromatic carbocycles. The van der Waals surface area contributed by atoms with Crippen LogP contribution in [0.4, 0.5) is 4.39 Å². The van der Waals surface area contributed by atoms with E-state index in [4.69, 9.17) is 5.73 Å². The van der Waals surface area contributed by atoms with Gasteiger partial charge in [-0.2, -0.15) is 0 Å². The minimum atomic E-state index is -0.164. The van der Waals surface area contributed by atoms with E-state index in [1.54, 1.807) is 12.1 Å². The van der Waals surface area contributed by atoms with Crippen molar-refractivity contribution in [2.45, 2.75) is 26.2 Å². The normalized spacial score (nSPS) is 16.9. The molecule has 0 bridgehead atoms. The number of likely N-dealkylation sites (tertiary alicyclic amines) is 1. The van der Waals surface area contributed by atoms with Crippen molar-refractivity contribution in [1.82, 2.24) is 4.90 Å². The number of hydrogen-bond acceptors (Lipinski definition) is 1. The van der Waals surface area contributed by atoms with Crippen LogP contribution >= 0.6 is 24.0 Å². The van der Waals surface area contributed by atoms with E-state index in [1.165, 1.54) is 18.9 Å². The molecule has 1 fully saturated rings. The van der Waals surface area contributed by atoms with Crippen LogP contribution in [0, 0.1) is 11.7 Å². The number of guanidine groups is 1. The highest BCUT2D eigenvalue weighted by atomic mass is 127. The third-order valence-corrected chi connectivity index (χ3v) is 3.72. The molecule has 2 N–H and O–H groups in total. The zero-order valence-corrected chi connectivity index (χ0v) is 14.2. The van der Waals surface area contributed by atoms with Crippen molar-refractivity contribution in [2.24, 2.45) is 16.6 Å². The topological polar surface area (TPSA) is 41.6 Å². The predicted octanol–water partition coefficient (Wildman–Crippen LogP) is 3.03. The minimum absolute atomic E-state index is 0. The fraction of sp³-hybridized carbons (Fsp3) is 0.533. The molecule has 0 unspecified atom stereocenters. The molecule has 3 nitrogen and oxygen atoms in total. The predicted molar refractivity (Wildman–Crippen MR) is 92.0 cm³/mol. The van der Waals surface area contributed by atoms with Crippen LogP contribution in [0.2, 0.25) is 0 Å². The third-order valence-electron chi connectivity index (χ3n) is 3.72. The van der Waals surface area contributed by atoms with Crippen LogP contribution in [-0.2, 0) is 6.42 Å². The number of nitrogens with zero attached hydrogens (tertiary/aromatic N) is 2. The van der Waals surface area contributed by atoms with Gasteiger partial charge in [0.1, 0.15) is 5.82 Å². The molecule has 1 heterocycles. The van der Waals surface area contributed by atoms with Gasteiger partial charge in [0.2, 0.25) is 0 Å². The zero-order chi connectivity index (χ0) is 13.7. The van der Waals surface area contributed by atoms with E-state index < -0.39 is 0 Å². The van der Waals surface area contributed by atoms with Gasteiger partial charge in [0.05, 0.1) is 0 Å². The van der Waals surface area contributed by atoms with Crippen molar-refractivity contribution in [3.63, 3.8) is 0 Å². The first-order chi connectivity index (χ1) is 9.16. The summed E-state index contributed by atoms with van der Waals surface area (Å²) in [5.74, 6) is 1.22. The highest BCUT2D eigenvalue weighted by Gasteiger charge is 2.16. The Morgan fingerprint density at radius 1 is 1.35 bits per heavy atom. The number of aliphatic imine (C=N–C) groups is 1. The van der Waals surface area contributed by atoms with Crippen molar-refractivity contribution < 1.29 is 4.39 Å². The highest BCUT2D eigenvalue weighted by molar-refractivity contribution is 14.0. The number of piperidine rings is 1. The molecule has 1 saturated heterocycles. The molecular weight excluding hydrogens is 368 g/mol. The molecule has 112 valence electrons. The molecule has 0 saturated carbocycles. The van der Waals surface area contributed by atoms with Gasteiger partial charge in [-0.25, -0.2) is 4.39 Å². The van der Waals surface area contributed by atoms with Crippen molar-refractivity contribution in [1.29, 1.82) is 0 Å². The first kappa shape index (κ1) is 17.2. The summed E-state index contributed by atoms with van der Waals surface area (Å²) in [6.45, 7) is 4.77. The maximum absolute atomic E-state index is 13.4. The lowest BCUT2D eigenvalue weighted by Crippen LogP contribution is -2.42. The smallest absolute Gasteiger partial charge is 0.191 e. The second-order valence-corrected chi connectivity index (χ2v) is 5.25. The van der Waals surface area contributed by atoms with E-state index >= 15 is 0 Å². The van der Waals surface area contributed by atoms with Crippen molar-refractivity contribution in [3.05, 3.63) is 35.6 Å². The summed E-state index contributed by atoms with van der Waals surface area (Å²) in [7, 11) is 0. The summed E-state index contributed by atoms with van der Waals surface area (Å²) in [5, 5.41) is 0. The van der Waals surface area contributed by atoms with E-state index in [9.17, 15) is 4.39 Å². The second kappa shape index (κ2) is 8.44. The Hall–Kier alpha value is -0.850. The number of nitrogens with two attached hydrogens (primary N) is 1. The molecule has 0 aromatic heterocycles. The number of rotatable bonds is 3. The molecule has 1 aromatic rings. The molecule has 0 aliphatic carbocycles. The summed E-state index contributed by atoms with van der Waals surface area (Å²) in [6.07, 6.45) is 2.94. The lowest BCUT2D eigenvalue weighted by Gasteiger charge is -2.31. The van der Waals surface area contributed by atoms with Crippen LogP contribution in [0.1, 0.15) is 25.3 Å². The van der Waals surface area contributed by atoms with E-state index in [0.29, 0.717) is 24.5 Å². The Morgan fingerprint density at radius 3 is 2.65 bits per heavy atom.